The number of ether oxygens (including phenoxy) is 7. The molecule has 0 aliphatic heterocycles. The average Bonchev–Trinajstić information content (AvgIpc) is 0.728. The monoisotopic (exact) mass is 1790 g/mol. The third kappa shape index (κ3) is 25.2. The van der Waals surface area contributed by atoms with E-state index in [0.29, 0.717) is 5.56 Å². The van der Waals surface area contributed by atoms with E-state index in [1.165, 1.54) is 121 Å². The van der Waals surface area contributed by atoms with Gasteiger partial charge in [0.05, 0.1) is 38.4 Å². The van der Waals surface area contributed by atoms with Crippen LogP contribution in [0.4, 0.5) is 0 Å². The van der Waals surface area contributed by atoms with Crippen LogP contribution in [0.5, 0.6) is 0 Å². The molecule has 0 N–H and O–H groups in total. The van der Waals surface area contributed by atoms with Crippen LogP contribution in [0.25, 0.3) is 0 Å². The van der Waals surface area contributed by atoms with Crippen LogP contribution in [0.3, 0.4) is 0 Å². The molecule has 6 unspecified atom stereocenters. The van der Waals surface area contributed by atoms with Gasteiger partial charge in [0.15, 0.2) is 0 Å². The topological polar surface area (TPSA) is 150 Å². The molecule has 12 heteroatoms. The van der Waals surface area contributed by atoms with E-state index in [-0.39, 0.29) is 154 Å². The Bertz CT molecular complexity index is 3280. The van der Waals surface area contributed by atoms with Crippen LogP contribution in [0.1, 0.15) is 491 Å². The quantitative estimate of drug-likeness (QED) is 0.0583. The Kier molecular flexibility index (Phi) is 48.2. The average molecular weight is 1790 g/mol. The first-order chi connectivity index (χ1) is 54.9. The minimum Gasteiger partial charge on any atom is -0.459 e. The highest BCUT2D eigenvalue weighted by Gasteiger charge is 2.74. The van der Waals surface area contributed by atoms with Gasteiger partial charge in [-0.15, -0.1) is 0 Å². The number of esters is 5. The molecule has 0 heterocycles. The minimum atomic E-state index is -0.420. The Balaban J connectivity index is 0. The van der Waals surface area contributed by atoms with E-state index in [1.807, 2.05) is 178 Å². The lowest BCUT2D eigenvalue weighted by molar-refractivity contribution is -0.338. The summed E-state index contributed by atoms with van der Waals surface area (Å²) in [6.45, 7) is 63.0. The molecule has 0 spiro atoms. The molecule has 24 bridgehead atoms. The highest BCUT2D eigenvalue weighted by atomic mass is 16.7. The number of carbonyl (C=O) groups is 5. The lowest BCUT2D eigenvalue weighted by Crippen LogP contribution is -2.72. The summed E-state index contributed by atoms with van der Waals surface area (Å²) in [7, 11) is 0. The standard InChI is InChI=1S/C23H36O2.2C22H34O3.C18H26O2.C12H24O2.4C2H6.10CH4/c1-6-21(2,3)20(24)25-22(4,5)23-10-17-14-7-13-8-15(17)19(12-23)16(9-13)18(14)11-23;1-5-21(3,4)20(23)24-12(2)25-22-11-14-7-16-15-6-13(9-18(16)22)10-19(22)17(15)8-14;1-5-21(3,4)20(23)24-12(2)25-22-9-17-14-6-13-7-15(17)19(11-22)16(8-13)18(14)10-22;1-5-17(2,3)15-10-8-14(9-11-15)16(19)20-18(4)12-6-7-13-18;1-7-9-12(5,6)14-10(13)11(3,4)8-2;4*1-2;;;;;;;;;;/h13-19H,6-12H2,1-5H3;2*12-19H,5-11H2,1-4H3;8-11H,5-7,12-13H2,1-4H3;7-9H2,1-6H3;4*1-2H3;10*1H4. The van der Waals surface area contributed by atoms with Crippen LogP contribution in [-0.4, -0.2) is 70.4 Å². The van der Waals surface area contributed by atoms with Crippen LogP contribution in [0.15, 0.2) is 24.3 Å². The fraction of sp³-hybridized carbons (Fsp3) is 0.904. The van der Waals surface area contributed by atoms with Crippen LogP contribution in [0, 0.1) is 151 Å². The van der Waals surface area contributed by atoms with E-state index < -0.39 is 23.4 Å². The largest absolute Gasteiger partial charge is 0.459 e. The SMILES string of the molecule is C.C.C.C.C.C.C.C.C.C.CC.CC.CC.CC.CCC(C)(C)C(=O)OC(C)(C)C12CC3C4CC5CC3C(C1)C(C5)C4C2.CCC(C)(C)C(=O)OC(C)OC12CC3C4CC5CC3C(C1)C(C5)C4C2.CCC(C)(C)C(=O)OC(C)OC12CC3CC4C5CC(CC41)CC2C5C3.CCC(C)(C)c1ccc(C(=O)OC2(C)CCCC2)cc1.CCCC(C)(C)OC(=O)C(C)(C)CC. The van der Waals surface area contributed by atoms with Crippen molar-refractivity contribution in [2.75, 3.05) is 0 Å². The predicted octanol–water partition coefficient (Wildman–Crippen LogP) is 33.9. The zero-order valence-corrected chi connectivity index (χ0v) is 81.0. The highest BCUT2D eigenvalue weighted by Crippen LogP contribution is 2.78. The van der Waals surface area contributed by atoms with Gasteiger partial charge in [0.25, 0.3) is 0 Å². The van der Waals surface area contributed by atoms with Crippen molar-refractivity contribution < 1.29 is 57.1 Å². The molecular formula is C115H218O12. The molecule has 127 heavy (non-hydrogen) atoms. The third-order valence-electron chi connectivity index (χ3n) is 35.6. The van der Waals surface area contributed by atoms with E-state index in [4.69, 9.17) is 33.2 Å². The molecule has 12 nitrogen and oxygen atoms in total. The molecule has 22 saturated carbocycles. The van der Waals surface area contributed by atoms with E-state index in [9.17, 15) is 24.0 Å². The molecule has 22 aliphatic rings. The van der Waals surface area contributed by atoms with E-state index in [0.717, 1.165) is 195 Å². The van der Waals surface area contributed by atoms with Crippen molar-refractivity contribution in [2.24, 2.45) is 151 Å². The Morgan fingerprint density at radius 1 is 0.370 bits per heavy atom. The smallest absolute Gasteiger partial charge is 0.338 e. The molecule has 22 fully saturated rings. The van der Waals surface area contributed by atoms with E-state index in [1.54, 1.807) is 0 Å². The molecule has 0 saturated heterocycles. The van der Waals surface area contributed by atoms with Crippen molar-refractivity contribution >= 4 is 29.8 Å². The molecule has 750 valence electrons. The van der Waals surface area contributed by atoms with Gasteiger partial charge in [-0.3, -0.25) is 19.2 Å². The van der Waals surface area contributed by atoms with Gasteiger partial charge < -0.3 is 33.2 Å². The Morgan fingerprint density at radius 3 is 1.02 bits per heavy atom. The molecule has 22 aliphatic carbocycles. The second-order valence-electron chi connectivity index (χ2n) is 44.9. The van der Waals surface area contributed by atoms with Crippen molar-refractivity contribution in [2.45, 2.75) is 521 Å². The molecule has 1 aromatic rings. The summed E-state index contributed by atoms with van der Waals surface area (Å²) >= 11 is 0. The first-order valence-electron chi connectivity index (χ1n) is 49.5. The molecule has 0 radical (unpaired) electrons. The van der Waals surface area contributed by atoms with Crippen molar-refractivity contribution in [1.82, 2.24) is 0 Å². The third-order valence-corrected chi connectivity index (χ3v) is 35.6. The molecule has 0 amide bonds. The number of hydrogen-bond acceptors (Lipinski definition) is 12. The molecule has 23 rings (SSSR count). The maximum absolute atomic E-state index is 12.9. The lowest BCUT2D eigenvalue weighted by atomic mass is 9.31. The minimum absolute atomic E-state index is 0. The van der Waals surface area contributed by atoms with Crippen molar-refractivity contribution in [1.29, 1.82) is 0 Å². The van der Waals surface area contributed by atoms with Crippen molar-refractivity contribution in [3.63, 3.8) is 0 Å². The van der Waals surface area contributed by atoms with E-state index in [2.05, 4.69) is 60.6 Å². The molecular weight excluding hydrogens is 1570 g/mol. The summed E-state index contributed by atoms with van der Waals surface area (Å²) in [5.41, 5.74) is -0.0854. The highest BCUT2D eigenvalue weighted by molar-refractivity contribution is 5.89. The van der Waals surface area contributed by atoms with Gasteiger partial charge >= 0.3 is 29.8 Å². The summed E-state index contributed by atoms with van der Waals surface area (Å²) < 4.78 is 42.3. The van der Waals surface area contributed by atoms with Gasteiger partial charge in [0, 0.05) is 5.41 Å². The van der Waals surface area contributed by atoms with Crippen LogP contribution < -0.4 is 0 Å². The van der Waals surface area contributed by atoms with Gasteiger partial charge in [-0.25, -0.2) is 4.79 Å². The first kappa shape index (κ1) is 126. The zero-order valence-electron chi connectivity index (χ0n) is 81.0. The first-order valence-corrected chi connectivity index (χ1v) is 49.5. The molecule has 0 aromatic heterocycles. The van der Waals surface area contributed by atoms with Gasteiger partial charge in [-0.05, 0) is 431 Å². The van der Waals surface area contributed by atoms with Crippen LogP contribution in [-0.2, 0) is 57.8 Å². The van der Waals surface area contributed by atoms with Crippen LogP contribution >= 0.6 is 0 Å². The van der Waals surface area contributed by atoms with Crippen molar-refractivity contribution in [3.8, 4) is 0 Å². The number of hydrogen-bond donors (Lipinski definition) is 0. The summed E-state index contributed by atoms with van der Waals surface area (Å²) in [6, 6.07) is 7.90. The van der Waals surface area contributed by atoms with Crippen LogP contribution in [0.2, 0.25) is 0 Å². The van der Waals surface area contributed by atoms with Gasteiger partial charge in [-0.2, -0.15) is 0 Å². The summed E-state index contributed by atoms with van der Waals surface area (Å²) in [6.07, 6.45) is 34.9. The van der Waals surface area contributed by atoms with Gasteiger partial charge in [0.2, 0.25) is 12.6 Å². The second-order valence-corrected chi connectivity index (χ2v) is 44.9. The Hall–Kier alpha value is -3.51. The van der Waals surface area contributed by atoms with E-state index >= 15 is 0 Å². The number of benzene rings is 1. The van der Waals surface area contributed by atoms with Crippen molar-refractivity contribution in [3.05, 3.63) is 35.4 Å². The maximum atomic E-state index is 12.9. The Morgan fingerprint density at radius 2 is 0.677 bits per heavy atom. The molecule has 6 atom stereocenters. The fourth-order valence-corrected chi connectivity index (χ4v) is 27.9. The summed E-state index contributed by atoms with van der Waals surface area (Å²) in [4.78, 5) is 61.7. The fourth-order valence-electron chi connectivity index (χ4n) is 27.9. The summed E-state index contributed by atoms with van der Waals surface area (Å²) in [5, 5.41) is 0. The predicted molar refractivity (Wildman–Crippen MR) is 544 cm³/mol. The molecule has 1 aromatic carbocycles. The number of rotatable bonds is 23. The second kappa shape index (κ2) is 48.8. The zero-order chi connectivity index (χ0) is 87.1. The van der Waals surface area contributed by atoms with Gasteiger partial charge in [-0.1, -0.05) is 204 Å². The number of carbonyl (C=O) groups excluding carboxylic acids is 5. The summed E-state index contributed by atoms with van der Waals surface area (Å²) in [5.74, 6) is 19.3. The Labute approximate surface area is 790 Å². The lowest BCUT2D eigenvalue weighted by Gasteiger charge is -2.74. The van der Waals surface area contributed by atoms with Gasteiger partial charge in [0.1, 0.15) is 16.8 Å². The normalized spacial score (nSPS) is 34.0. The maximum Gasteiger partial charge on any atom is 0.338 e.